The number of halogens is 1. The van der Waals surface area contributed by atoms with Gasteiger partial charge in [0.1, 0.15) is 5.75 Å². The molecule has 98 valence electrons. The van der Waals surface area contributed by atoms with Crippen molar-refractivity contribution in [1.82, 2.24) is 0 Å². The van der Waals surface area contributed by atoms with Crippen LogP contribution in [0, 0.1) is 0 Å². The third-order valence-electron chi connectivity index (χ3n) is 2.81. The molecule has 3 nitrogen and oxygen atoms in total. The predicted molar refractivity (Wildman–Crippen MR) is 79.6 cm³/mol. The first-order valence-electron chi connectivity index (χ1n) is 5.81. The van der Waals surface area contributed by atoms with Crippen molar-refractivity contribution in [3.05, 3.63) is 58.1 Å². The van der Waals surface area contributed by atoms with Crippen LogP contribution in [0.3, 0.4) is 0 Å². The van der Waals surface area contributed by atoms with E-state index in [1.165, 1.54) is 0 Å². The van der Waals surface area contributed by atoms with E-state index in [1.54, 1.807) is 25.3 Å². The van der Waals surface area contributed by atoms with Gasteiger partial charge in [0.05, 0.1) is 7.11 Å². The number of hydrogen-bond acceptors (Lipinski definition) is 3. The molecule has 0 amide bonds. The lowest BCUT2D eigenvalue weighted by Gasteiger charge is -2.07. The zero-order chi connectivity index (χ0) is 13.8. The van der Waals surface area contributed by atoms with E-state index in [0.29, 0.717) is 23.4 Å². The second-order valence-electron chi connectivity index (χ2n) is 4.18. The Morgan fingerprint density at radius 3 is 2.74 bits per heavy atom. The molecule has 19 heavy (non-hydrogen) atoms. The van der Waals surface area contributed by atoms with Crippen molar-refractivity contribution in [2.24, 2.45) is 0 Å². The molecule has 2 aromatic rings. The molecular weight excluding hydrogens is 306 g/mol. The number of nitrogens with two attached hydrogens (primary N) is 1. The molecule has 0 bridgehead atoms. The summed E-state index contributed by atoms with van der Waals surface area (Å²) in [5, 5.41) is 0. The van der Waals surface area contributed by atoms with Crippen molar-refractivity contribution in [3.63, 3.8) is 0 Å². The van der Waals surface area contributed by atoms with Gasteiger partial charge in [-0.2, -0.15) is 0 Å². The lowest BCUT2D eigenvalue weighted by Crippen LogP contribution is -2.07. The van der Waals surface area contributed by atoms with Gasteiger partial charge in [-0.1, -0.05) is 28.1 Å². The number of benzene rings is 2. The van der Waals surface area contributed by atoms with Crippen molar-refractivity contribution >= 4 is 27.4 Å². The molecule has 0 aliphatic carbocycles. The fourth-order valence-electron chi connectivity index (χ4n) is 1.83. The number of carbonyl (C=O) groups excluding carboxylic acids is 1. The maximum Gasteiger partial charge on any atom is 0.169 e. The van der Waals surface area contributed by atoms with E-state index in [9.17, 15) is 4.79 Å². The van der Waals surface area contributed by atoms with Gasteiger partial charge in [0.25, 0.3) is 0 Å². The second-order valence-corrected chi connectivity index (χ2v) is 5.10. The van der Waals surface area contributed by atoms with Crippen LogP contribution in [0.25, 0.3) is 0 Å². The highest BCUT2D eigenvalue weighted by atomic mass is 79.9. The number of nitrogen functional groups attached to an aromatic ring is 1. The topological polar surface area (TPSA) is 52.3 Å². The number of ketones is 1. The van der Waals surface area contributed by atoms with Gasteiger partial charge in [-0.3, -0.25) is 4.79 Å². The average molecular weight is 320 g/mol. The Balaban J connectivity index is 2.25. The molecule has 0 fully saturated rings. The lowest BCUT2D eigenvalue weighted by atomic mass is 10.0. The van der Waals surface area contributed by atoms with Gasteiger partial charge in [-0.25, -0.2) is 0 Å². The molecule has 0 saturated heterocycles. The highest BCUT2D eigenvalue weighted by molar-refractivity contribution is 9.10. The number of anilines is 1. The first-order valence-corrected chi connectivity index (χ1v) is 6.60. The van der Waals surface area contributed by atoms with Crippen molar-refractivity contribution in [3.8, 4) is 5.75 Å². The molecule has 0 radical (unpaired) electrons. The van der Waals surface area contributed by atoms with Crippen molar-refractivity contribution in [1.29, 1.82) is 0 Å². The van der Waals surface area contributed by atoms with Crippen molar-refractivity contribution < 1.29 is 9.53 Å². The van der Waals surface area contributed by atoms with Gasteiger partial charge in [-0.05, 0) is 35.9 Å². The van der Waals surface area contributed by atoms with E-state index in [-0.39, 0.29) is 5.78 Å². The molecule has 2 rings (SSSR count). The summed E-state index contributed by atoms with van der Waals surface area (Å²) in [5.41, 5.74) is 7.76. The number of ether oxygens (including phenoxy) is 1. The van der Waals surface area contributed by atoms with Crippen LogP contribution < -0.4 is 10.5 Å². The van der Waals surface area contributed by atoms with Crippen LogP contribution in [0.1, 0.15) is 15.9 Å². The van der Waals surface area contributed by atoms with Crippen LogP contribution >= 0.6 is 15.9 Å². The summed E-state index contributed by atoms with van der Waals surface area (Å²) < 4.78 is 6.07. The van der Waals surface area contributed by atoms with Crippen LogP contribution in [0.5, 0.6) is 5.75 Å². The summed E-state index contributed by atoms with van der Waals surface area (Å²) >= 11 is 3.39. The SMILES string of the molecule is COc1ccc(N)c(C(=O)Cc2cccc(Br)c2)c1. The van der Waals surface area contributed by atoms with E-state index in [1.807, 2.05) is 24.3 Å². The molecule has 0 aromatic heterocycles. The Morgan fingerprint density at radius 2 is 2.05 bits per heavy atom. The summed E-state index contributed by atoms with van der Waals surface area (Å²) in [6.07, 6.45) is 0.316. The van der Waals surface area contributed by atoms with Crippen LogP contribution in [-0.2, 0) is 6.42 Å². The Morgan fingerprint density at radius 1 is 1.26 bits per heavy atom. The predicted octanol–water partition coefficient (Wildman–Crippen LogP) is 3.47. The minimum absolute atomic E-state index is 0.0190. The molecule has 0 unspecified atom stereocenters. The number of hydrogen-bond donors (Lipinski definition) is 1. The van der Waals surface area contributed by atoms with Crippen LogP contribution in [0.4, 0.5) is 5.69 Å². The Bertz CT molecular complexity index is 611. The fraction of sp³-hybridized carbons (Fsp3) is 0.133. The zero-order valence-electron chi connectivity index (χ0n) is 10.5. The maximum absolute atomic E-state index is 12.3. The molecule has 0 aliphatic rings. The molecule has 0 heterocycles. The maximum atomic E-state index is 12.3. The van der Waals surface area contributed by atoms with Crippen molar-refractivity contribution in [2.75, 3.05) is 12.8 Å². The third-order valence-corrected chi connectivity index (χ3v) is 3.31. The Kier molecular flexibility index (Phi) is 4.22. The smallest absolute Gasteiger partial charge is 0.169 e. The highest BCUT2D eigenvalue weighted by Gasteiger charge is 2.12. The van der Waals surface area contributed by atoms with Gasteiger partial charge in [-0.15, -0.1) is 0 Å². The standard InChI is InChI=1S/C15H14BrNO2/c1-19-12-5-6-14(17)13(9-12)15(18)8-10-3-2-4-11(16)7-10/h2-7,9H,8,17H2,1H3. The minimum Gasteiger partial charge on any atom is -0.497 e. The summed E-state index contributed by atoms with van der Waals surface area (Å²) in [7, 11) is 1.56. The van der Waals surface area contributed by atoms with Gasteiger partial charge < -0.3 is 10.5 Å². The molecule has 0 spiro atoms. The minimum atomic E-state index is -0.0190. The summed E-state index contributed by atoms with van der Waals surface area (Å²) in [6.45, 7) is 0. The van der Waals surface area contributed by atoms with Gasteiger partial charge >= 0.3 is 0 Å². The zero-order valence-corrected chi connectivity index (χ0v) is 12.1. The summed E-state index contributed by atoms with van der Waals surface area (Å²) in [4.78, 5) is 12.3. The molecule has 0 atom stereocenters. The molecule has 4 heteroatoms. The van der Waals surface area contributed by atoms with Gasteiger partial charge in [0.2, 0.25) is 0 Å². The van der Waals surface area contributed by atoms with E-state index < -0.39 is 0 Å². The summed E-state index contributed by atoms with van der Waals surface area (Å²) in [5.74, 6) is 0.612. The van der Waals surface area contributed by atoms with Crippen molar-refractivity contribution in [2.45, 2.75) is 6.42 Å². The van der Waals surface area contributed by atoms with Crippen LogP contribution in [0.2, 0.25) is 0 Å². The second kappa shape index (κ2) is 5.89. The Labute approximate surface area is 120 Å². The Hall–Kier alpha value is -1.81. The summed E-state index contributed by atoms with van der Waals surface area (Å²) in [6, 6.07) is 12.8. The number of methoxy groups -OCH3 is 1. The molecule has 2 aromatic carbocycles. The molecule has 0 saturated carbocycles. The normalized spacial score (nSPS) is 10.2. The quantitative estimate of drug-likeness (QED) is 0.693. The van der Waals surface area contributed by atoms with Crippen LogP contribution in [-0.4, -0.2) is 12.9 Å². The molecular formula is C15H14BrNO2. The first-order chi connectivity index (χ1) is 9.10. The van der Waals surface area contributed by atoms with Gasteiger partial charge in [0.15, 0.2) is 5.78 Å². The van der Waals surface area contributed by atoms with E-state index in [0.717, 1.165) is 10.0 Å². The number of rotatable bonds is 4. The number of Topliss-reactive ketones (excluding diaryl/α,β-unsaturated/α-hetero) is 1. The third kappa shape index (κ3) is 3.35. The largest absolute Gasteiger partial charge is 0.497 e. The highest BCUT2D eigenvalue weighted by Crippen LogP contribution is 2.22. The average Bonchev–Trinajstić information content (AvgIpc) is 2.39. The van der Waals surface area contributed by atoms with E-state index in [4.69, 9.17) is 10.5 Å². The molecule has 2 N–H and O–H groups in total. The monoisotopic (exact) mass is 319 g/mol. The fourth-order valence-corrected chi connectivity index (χ4v) is 2.28. The van der Waals surface area contributed by atoms with Gasteiger partial charge in [0, 0.05) is 22.1 Å². The number of carbonyl (C=O) groups is 1. The van der Waals surface area contributed by atoms with Crippen LogP contribution in [0.15, 0.2) is 46.9 Å². The molecule has 0 aliphatic heterocycles. The first kappa shape index (κ1) is 13.6. The lowest BCUT2D eigenvalue weighted by molar-refractivity contribution is 0.0993. The van der Waals surface area contributed by atoms with E-state index in [2.05, 4.69) is 15.9 Å². The van der Waals surface area contributed by atoms with E-state index >= 15 is 0 Å².